The summed E-state index contributed by atoms with van der Waals surface area (Å²) >= 11 is 12.9. The molecule has 2 aromatic rings. The van der Waals surface area contributed by atoms with Gasteiger partial charge in [-0.15, -0.1) is 0 Å². The van der Waals surface area contributed by atoms with Crippen molar-refractivity contribution in [2.45, 2.75) is 58.1 Å². The number of carbonyl (C=O) groups is 1. The van der Waals surface area contributed by atoms with Crippen LogP contribution in [-0.4, -0.2) is 34.3 Å². The second-order valence-electron chi connectivity index (χ2n) is 8.88. The lowest BCUT2D eigenvalue weighted by atomic mass is 9.58. The third-order valence-electron chi connectivity index (χ3n) is 6.65. The van der Waals surface area contributed by atoms with E-state index in [-0.39, 0.29) is 30.3 Å². The van der Waals surface area contributed by atoms with Crippen LogP contribution in [0.4, 0.5) is 10.6 Å². The number of hydrogen-bond acceptors (Lipinski definition) is 7. The molecule has 0 spiro atoms. The molecule has 0 saturated heterocycles. The Morgan fingerprint density at radius 2 is 2.09 bits per heavy atom. The highest BCUT2D eigenvalue weighted by Crippen LogP contribution is 2.59. The average molecular weight is 514 g/mol. The van der Waals surface area contributed by atoms with Gasteiger partial charge in [0.25, 0.3) is 0 Å². The van der Waals surface area contributed by atoms with E-state index >= 15 is 0 Å². The van der Waals surface area contributed by atoms with Gasteiger partial charge in [0.15, 0.2) is 5.60 Å². The van der Waals surface area contributed by atoms with Crippen molar-refractivity contribution in [1.29, 1.82) is 0 Å². The van der Waals surface area contributed by atoms with Gasteiger partial charge in [0.05, 0.1) is 19.3 Å². The molecule has 1 saturated carbocycles. The summed E-state index contributed by atoms with van der Waals surface area (Å²) < 4.78 is 18.6. The molecule has 0 bridgehead atoms. The number of hydrogen-bond donors (Lipinski definition) is 0. The molecule has 0 unspecified atom stereocenters. The first-order chi connectivity index (χ1) is 16.0. The topological polar surface area (TPSA) is 106 Å². The molecule has 1 aromatic carbocycles. The summed E-state index contributed by atoms with van der Waals surface area (Å²) in [6, 6.07) is 5.04. The van der Waals surface area contributed by atoms with Gasteiger partial charge in [-0.1, -0.05) is 50.0 Å². The number of rotatable bonds is 7. The maximum Gasteiger partial charge on any atom is 0.509 e. The van der Waals surface area contributed by atoms with Gasteiger partial charge in [0.1, 0.15) is 6.20 Å². The van der Waals surface area contributed by atoms with Crippen LogP contribution in [0.15, 0.2) is 24.4 Å². The molecule has 9 nitrogen and oxygen atoms in total. The minimum absolute atomic E-state index is 0.0388. The van der Waals surface area contributed by atoms with Crippen molar-refractivity contribution in [3.8, 4) is 6.01 Å². The molecular formula is C23H29Cl2N3O6. The van der Waals surface area contributed by atoms with Gasteiger partial charge in [-0.3, -0.25) is 4.57 Å². The predicted molar refractivity (Wildman–Crippen MR) is 128 cm³/mol. The molecule has 0 radical (unpaired) electrons. The van der Waals surface area contributed by atoms with Crippen LogP contribution in [0.1, 0.15) is 52.5 Å². The zero-order valence-electron chi connectivity index (χ0n) is 19.8. The number of benzene rings is 1. The van der Waals surface area contributed by atoms with Crippen LogP contribution in [0.5, 0.6) is 6.01 Å². The molecule has 1 aliphatic carbocycles. The Bertz CT molecular complexity index is 1070. The summed E-state index contributed by atoms with van der Waals surface area (Å²) in [4.78, 5) is 28.0. The van der Waals surface area contributed by atoms with Crippen LogP contribution in [0.25, 0.3) is 0 Å². The van der Waals surface area contributed by atoms with Gasteiger partial charge >= 0.3 is 18.0 Å². The van der Waals surface area contributed by atoms with E-state index in [0.29, 0.717) is 28.5 Å². The maximum absolute atomic E-state index is 12.9. The van der Waals surface area contributed by atoms with Crippen molar-refractivity contribution in [3.63, 3.8) is 0 Å². The van der Waals surface area contributed by atoms with Crippen molar-refractivity contribution in [1.82, 2.24) is 9.55 Å². The van der Waals surface area contributed by atoms with E-state index in [9.17, 15) is 14.9 Å². The number of halogens is 2. The smallest absolute Gasteiger partial charge is 0.449 e. The minimum Gasteiger partial charge on any atom is -0.449 e. The fraction of sp³-hybridized carbons (Fsp3) is 0.565. The van der Waals surface area contributed by atoms with Crippen molar-refractivity contribution in [3.05, 3.63) is 50.1 Å². The number of nitro groups is 1. The third kappa shape index (κ3) is 4.31. The maximum atomic E-state index is 12.9. The van der Waals surface area contributed by atoms with Gasteiger partial charge in [-0.2, -0.15) is 0 Å². The summed E-state index contributed by atoms with van der Waals surface area (Å²) in [5.74, 6) is -0.441. The largest absolute Gasteiger partial charge is 0.509 e. The van der Waals surface area contributed by atoms with E-state index in [4.69, 9.17) is 37.4 Å². The summed E-state index contributed by atoms with van der Waals surface area (Å²) in [7, 11) is 1.39. The summed E-state index contributed by atoms with van der Waals surface area (Å²) in [6.07, 6.45) is 2.14. The van der Waals surface area contributed by atoms with Gasteiger partial charge < -0.3 is 24.3 Å². The predicted octanol–water partition coefficient (Wildman–Crippen LogP) is 6.35. The molecule has 11 heteroatoms. The van der Waals surface area contributed by atoms with Gasteiger partial charge in [0, 0.05) is 20.6 Å². The van der Waals surface area contributed by atoms with Gasteiger partial charge in [0.2, 0.25) is 0 Å². The zero-order chi connectivity index (χ0) is 25.3. The first kappa shape index (κ1) is 26.1. The number of ether oxygens (including phenoxy) is 3. The molecule has 1 aromatic heterocycles. The molecule has 0 amide bonds. The lowest BCUT2D eigenvalue weighted by Crippen LogP contribution is -2.61. The molecular weight excluding hydrogens is 485 g/mol. The van der Waals surface area contributed by atoms with Crippen molar-refractivity contribution in [2.75, 3.05) is 13.7 Å². The number of methoxy groups -OCH3 is 1. The summed E-state index contributed by atoms with van der Waals surface area (Å²) in [5, 5.41) is 12.3. The first-order valence-electron chi connectivity index (χ1n) is 11.1. The molecule has 1 aliphatic rings. The van der Waals surface area contributed by atoms with E-state index < -0.39 is 22.2 Å². The lowest BCUT2D eigenvalue weighted by Gasteiger charge is -2.56. The fourth-order valence-electron chi connectivity index (χ4n) is 5.29. The monoisotopic (exact) mass is 513 g/mol. The van der Waals surface area contributed by atoms with Crippen LogP contribution in [0.3, 0.4) is 0 Å². The summed E-state index contributed by atoms with van der Waals surface area (Å²) in [6.45, 7) is 7.80. The fourth-order valence-corrected chi connectivity index (χ4v) is 5.85. The molecule has 186 valence electrons. The number of imidazole rings is 1. The number of aromatic nitrogens is 2. The Labute approximate surface area is 208 Å². The first-order valence-corrected chi connectivity index (χ1v) is 11.9. The van der Waals surface area contributed by atoms with Crippen LogP contribution in [-0.2, 0) is 20.6 Å². The summed E-state index contributed by atoms with van der Waals surface area (Å²) in [5.41, 5.74) is -1.88. The Morgan fingerprint density at radius 3 is 2.65 bits per heavy atom. The van der Waals surface area contributed by atoms with Crippen molar-refractivity contribution >= 4 is 35.2 Å². The molecule has 0 N–H and O–H groups in total. The van der Waals surface area contributed by atoms with Crippen molar-refractivity contribution in [2.24, 2.45) is 11.8 Å². The zero-order valence-corrected chi connectivity index (χ0v) is 21.4. The van der Waals surface area contributed by atoms with E-state index in [0.717, 1.165) is 6.42 Å². The second kappa shape index (κ2) is 10.00. The Morgan fingerprint density at radius 1 is 1.38 bits per heavy atom. The standard InChI is InChI=1S/C23H29Cl2N3O6/c1-6-33-21(29)34-23(17-8-7-16(24)11-18(17)25)12-15(4)9-10-22(23,14(2)3)27-13-19(28(30)31)26-20(27)32-5/h7-8,11,13-15H,6,9-10,12H2,1-5H3/t15-,22+,23-/m1/s1. The quantitative estimate of drug-likeness (QED) is 0.241. The number of carbonyl (C=O) groups excluding carboxylic acids is 1. The second-order valence-corrected chi connectivity index (χ2v) is 9.72. The highest BCUT2D eigenvalue weighted by molar-refractivity contribution is 6.35. The van der Waals surface area contributed by atoms with Crippen LogP contribution >= 0.6 is 23.2 Å². The van der Waals surface area contributed by atoms with Gasteiger partial charge in [-0.05, 0) is 55.1 Å². The van der Waals surface area contributed by atoms with Crippen LogP contribution in [0, 0.1) is 22.0 Å². The van der Waals surface area contributed by atoms with Crippen LogP contribution in [0.2, 0.25) is 10.0 Å². The molecule has 1 heterocycles. The van der Waals surface area contributed by atoms with E-state index in [1.807, 2.05) is 13.8 Å². The highest BCUT2D eigenvalue weighted by Gasteiger charge is 2.63. The van der Waals surface area contributed by atoms with E-state index in [1.54, 1.807) is 29.7 Å². The minimum atomic E-state index is -1.37. The normalized spacial score (nSPS) is 24.6. The molecule has 0 aliphatic heterocycles. The Balaban J connectivity index is 2.43. The third-order valence-corrected chi connectivity index (χ3v) is 7.20. The Kier molecular flexibility index (Phi) is 7.67. The van der Waals surface area contributed by atoms with E-state index in [1.165, 1.54) is 13.3 Å². The molecule has 1 fully saturated rings. The van der Waals surface area contributed by atoms with E-state index in [2.05, 4.69) is 11.9 Å². The average Bonchev–Trinajstić information content (AvgIpc) is 3.19. The SMILES string of the molecule is CCOC(=O)O[C@@]1(c2ccc(Cl)cc2Cl)C[C@H](C)CC[C@@]1(C(C)C)n1cc([N+](=O)[O-])nc1OC. The van der Waals surface area contributed by atoms with Gasteiger partial charge in [-0.25, -0.2) is 4.79 Å². The molecule has 3 atom stereocenters. The molecule has 34 heavy (non-hydrogen) atoms. The Hall–Kier alpha value is -2.52. The number of nitrogens with zero attached hydrogens (tertiary/aromatic N) is 3. The highest BCUT2D eigenvalue weighted by atomic mass is 35.5. The lowest BCUT2D eigenvalue weighted by molar-refractivity contribution is -0.389. The van der Waals surface area contributed by atoms with Crippen molar-refractivity contribution < 1.29 is 23.9 Å². The molecule has 3 rings (SSSR count). The van der Waals surface area contributed by atoms with Crippen LogP contribution < -0.4 is 4.74 Å².